The summed E-state index contributed by atoms with van der Waals surface area (Å²) >= 11 is 0. The van der Waals surface area contributed by atoms with Crippen LogP contribution in [-0.2, 0) is 9.47 Å². The first kappa shape index (κ1) is 37.0. The quantitative estimate of drug-likeness (QED) is 0.314. The van der Waals surface area contributed by atoms with E-state index in [1.165, 1.54) is 0 Å². The molecule has 1 aliphatic heterocycles. The molecule has 0 spiro atoms. The minimum absolute atomic E-state index is 0. The van der Waals surface area contributed by atoms with Crippen LogP contribution in [0, 0.1) is 0 Å². The number of ether oxygens (including phenoxy) is 2. The first-order valence-corrected chi connectivity index (χ1v) is 7.70. The zero-order chi connectivity index (χ0) is 29.6. The summed E-state index contributed by atoms with van der Waals surface area (Å²) in [5.41, 5.74) is 0. The Morgan fingerprint density at radius 2 is 0.865 bits per heavy atom. The maximum atomic E-state index is 14.3. The van der Waals surface area contributed by atoms with E-state index >= 15 is 0 Å². The summed E-state index contributed by atoms with van der Waals surface area (Å²) in [5.74, 6) is -65.1. The van der Waals surface area contributed by atoms with Crippen LogP contribution in [0.2, 0.25) is 0 Å². The van der Waals surface area contributed by atoms with Gasteiger partial charge in [-0.2, -0.15) is 74.6 Å². The van der Waals surface area contributed by atoms with Crippen LogP contribution in [0.5, 0.6) is 0 Å². The summed E-state index contributed by atoms with van der Waals surface area (Å²) in [6.45, 7) is 0. The van der Waals surface area contributed by atoms with E-state index in [0.717, 1.165) is 0 Å². The maximum absolute atomic E-state index is 14.3. The molecule has 218 valence electrons. The van der Waals surface area contributed by atoms with Crippen LogP contribution < -0.4 is 51.4 Å². The van der Waals surface area contributed by atoms with Crippen molar-refractivity contribution in [1.82, 2.24) is 0 Å². The van der Waals surface area contributed by atoms with Crippen LogP contribution in [0.15, 0.2) is 0 Å². The van der Waals surface area contributed by atoms with Gasteiger partial charge in [0, 0.05) is 0 Å². The molecule has 0 saturated carbocycles. The van der Waals surface area contributed by atoms with E-state index in [0.29, 0.717) is 0 Å². The molecule has 1 fully saturated rings. The van der Waals surface area contributed by atoms with Crippen molar-refractivity contribution in [2.24, 2.45) is 0 Å². The molecule has 0 radical (unpaired) electrons. The second kappa shape index (κ2) is 9.56. The van der Waals surface area contributed by atoms with Gasteiger partial charge in [-0.25, -0.2) is 17.6 Å². The summed E-state index contributed by atoms with van der Waals surface area (Å²) in [5, 5.41) is 8.22. The first-order chi connectivity index (χ1) is 15.3. The molecule has 0 bridgehead atoms. The standard InChI is InChI=1S/C12H3F21O3.K.H/c13-1(14)3(17,18)5(21,22)7(25,26)9(29)12(32,33)36-10(35-9,11(30,31)34)8(27,28)6(23,24)4(19,20)2(15)16;;/h1-2,34H;;/q;+1;-1. The summed E-state index contributed by atoms with van der Waals surface area (Å²) in [7, 11) is 0. The molecule has 25 heteroatoms. The number of halogens is 21. The van der Waals surface area contributed by atoms with Gasteiger partial charge in [0.2, 0.25) is 0 Å². The van der Waals surface area contributed by atoms with E-state index in [1.54, 1.807) is 9.47 Å². The molecule has 2 atom stereocenters. The number of alkyl halides is 21. The van der Waals surface area contributed by atoms with E-state index in [2.05, 4.69) is 0 Å². The molecule has 0 aromatic heterocycles. The predicted octanol–water partition coefficient (Wildman–Crippen LogP) is 3.03. The SMILES string of the molecule is OC(F)(F)C1(C(F)(F)C(F)(F)C(F)(F)C(F)F)OC(F)(F)C(F)(C(F)(F)C(F)(F)C(F)(F)C(F)F)O1.[H-].[K+]. The molecule has 0 aromatic carbocycles. The fraction of sp³-hybridized carbons (Fsp3) is 1.00. The van der Waals surface area contributed by atoms with Gasteiger partial charge in [-0.1, -0.05) is 0 Å². The van der Waals surface area contributed by atoms with E-state index in [4.69, 9.17) is 5.11 Å². The smallest absolute Gasteiger partial charge is 1.00 e. The Kier molecular flexibility index (Phi) is 9.57. The van der Waals surface area contributed by atoms with Crippen LogP contribution >= 0.6 is 0 Å². The minimum atomic E-state index is -8.53. The van der Waals surface area contributed by atoms with E-state index < -0.39 is 72.2 Å². The Morgan fingerprint density at radius 3 is 1.14 bits per heavy atom. The molecule has 1 N–H and O–H groups in total. The minimum Gasteiger partial charge on any atom is -1.00 e. The summed E-state index contributed by atoms with van der Waals surface area (Å²) < 4.78 is 281. The molecule has 0 aliphatic carbocycles. The van der Waals surface area contributed by atoms with Crippen molar-refractivity contribution < 1.29 is 160 Å². The van der Waals surface area contributed by atoms with Gasteiger partial charge in [0.1, 0.15) is 0 Å². The Hall–Kier alpha value is 0.0464. The number of rotatable bonds is 9. The molecule has 0 aromatic rings. The molecule has 3 nitrogen and oxygen atoms in total. The average molecular weight is 634 g/mol. The van der Waals surface area contributed by atoms with Crippen LogP contribution in [0.25, 0.3) is 0 Å². The summed E-state index contributed by atoms with van der Waals surface area (Å²) in [6, 6.07) is 0. The van der Waals surface area contributed by atoms with Crippen molar-refractivity contribution in [1.29, 1.82) is 0 Å². The largest absolute Gasteiger partial charge is 1.00 e. The van der Waals surface area contributed by atoms with Crippen LogP contribution in [0.3, 0.4) is 0 Å². The zero-order valence-corrected chi connectivity index (χ0v) is 19.5. The third kappa shape index (κ3) is 4.53. The molecule has 37 heavy (non-hydrogen) atoms. The first-order valence-electron chi connectivity index (χ1n) is 7.70. The van der Waals surface area contributed by atoms with Gasteiger partial charge < -0.3 is 6.53 Å². The van der Waals surface area contributed by atoms with E-state index in [1.807, 2.05) is 0 Å². The molecular formula is C12H4F21KO3. The molecule has 2 unspecified atom stereocenters. The van der Waals surface area contributed by atoms with Crippen LogP contribution in [-0.4, -0.2) is 77.4 Å². The molecule has 1 aliphatic rings. The Balaban J connectivity index is 0. The van der Waals surface area contributed by atoms with Crippen LogP contribution in [0.4, 0.5) is 92.2 Å². The van der Waals surface area contributed by atoms with Gasteiger partial charge in [-0.05, 0) is 0 Å². The third-order valence-corrected chi connectivity index (χ3v) is 4.32. The second-order valence-electron chi connectivity index (χ2n) is 6.62. The molecule has 1 rings (SSSR count). The van der Waals surface area contributed by atoms with Crippen molar-refractivity contribution >= 4 is 0 Å². The van der Waals surface area contributed by atoms with Crippen molar-refractivity contribution in [2.75, 3.05) is 0 Å². The molecule has 1 heterocycles. The number of hydrogen-bond donors (Lipinski definition) is 1. The second-order valence-corrected chi connectivity index (χ2v) is 6.62. The summed E-state index contributed by atoms with van der Waals surface area (Å²) in [6.07, 6.45) is -27.7. The van der Waals surface area contributed by atoms with Gasteiger partial charge >= 0.3 is 124 Å². The third-order valence-electron chi connectivity index (χ3n) is 4.32. The normalized spacial score (nSPS) is 26.6. The number of aliphatic hydroxyl groups is 1. The van der Waals surface area contributed by atoms with E-state index in [9.17, 15) is 92.2 Å². The van der Waals surface area contributed by atoms with Gasteiger partial charge in [0.05, 0.1) is 0 Å². The summed E-state index contributed by atoms with van der Waals surface area (Å²) in [4.78, 5) is 0. The topological polar surface area (TPSA) is 38.7 Å². The van der Waals surface area contributed by atoms with Crippen molar-refractivity contribution in [3.05, 3.63) is 0 Å². The fourth-order valence-electron chi connectivity index (χ4n) is 2.31. The van der Waals surface area contributed by atoms with Crippen molar-refractivity contribution in [3.63, 3.8) is 0 Å². The van der Waals surface area contributed by atoms with Crippen LogP contribution in [0.1, 0.15) is 1.43 Å². The molecule has 1 saturated heterocycles. The fourth-order valence-corrected chi connectivity index (χ4v) is 2.31. The van der Waals surface area contributed by atoms with E-state index in [-0.39, 0.29) is 52.8 Å². The molecular weight excluding hydrogens is 630 g/mol. The molecule has 0 amide bonds. The van der Waals surface area contributed by atoms with Gasteiger partial charge in [0.15, 0.2) is 0 Å². The number of hydrogen-bond acceptors (Lipinski definition) is 3. The average Bonchev–Trinajstić information content (AvgIpc) is 2.89. The van der Waals surface area contributed by atoms with Gasteiger partial charge in [-0.15, -0.1) is 0 Å². The van der Waals surface area contributed by atoms with Crippen molar-refractivity contribution in [2.45, 2.75) is 72.2 Å². The Bertz CT molecular complexity index is 846. The zero-order valence-electron chi connectivity index (χ0n) is 17.4. The maximum Gasteiger partial charge on any atom is 1.00 e. The predicted molar refractivity (Wildman–Crippen MR) is 63.7 cm³/mol. The van der Waals surface area contributed by atoms with Gasteiger partial charge in [0.25, 0.3) is 0 Å². The Labute approximate surface area is 231 Å². The Morgan fingerprint density at radius 1 is 0.568 bits per heavy atom. The monoisotopic (exact) mass is 634 g/mol. The van der Waals surface area contributed by atoms with Gasteiger partial charge in [-0.3, -0.25) is 9.47 Å². The van der Waals surface area contributed by atoms with Crippen molar-refractivity contribution in [3.8, 4) is 0 Å².